The van der Waals surface area contributed by atoms with E-state index in [1.54, 1.807) is 30.3 Å². The summed E-state index contributed by atoms with van der Waals surface area (Å²) in [5, 5.41) is 4.39. The second kappa shape index (κ2) is 19.4. The van der Waals surface area contributed by atoms with Crippen molar-refractivity contribution in [3.8, 4) is 17.2 Å². The van der Waals surface area contributed by atoms with Gasteiger partial charge in [-0.1, -0.05) is 25.0 Å². The Morgan fingerprint density at radius 1 is 0.750 bits per heavy atom. The van der Waals surface area contributed by atoms with Crippen LogP contribution in [0.4, 0.5) is 5.69 Å². The summed E-state index contributed by atoms with van der Waals surface area (Å²) < 4.78 is 40.6. The molecule has 1 atom stereocenters. The summed E-state index contributed by atoms with van der Waals surface area (Å²) in [5.74, 6) is 0.855. The lowest BCUT2D eigenvalue weighted by Crippen LogP contribution is -2.33. The topological polar surface area (TPSA) is 131 Å². The monoisotopic (exact) mass is 788 g/mol. The van der Waals surface area contributed by atoms with Gasteiger partial charge in [-0.05, 0) is 66.8 Å². The zero-order valence-electron chi connectivity index (χ0n) is 32.2. The lowest BCUT2D eigenvalue weighted by Gasteiger charge is -2.37. The summed E-state index contributed by atoms with van der Waals surface area (Å²) in [7, 11) is 3.87. The quantitative estimate of drug-likeness (QED) is 0.0406. The van der Waals surface area contributed by atoms with E-state index in [1.807, 2.05) is 55.4 Å². The number of hydrogen-bond donors (Lipinski definition) is 1. The minimum atomic E-state index is -1.33. The molecule has 298 valence electrons. The van der Waals surface area contributed by atoms with Crippen LogP contribution in [-0.4, -0.2) is 97.2 Å². The molecular formula is C43H49ClN2O10. The minimum Gasteiger partial charge on any atom is -0.456 e. The SMILES string of the molecule is CC(=O)Oc1ccc2c3c(ccc2c1)C1(OC(=O)c2cc(C(=O)NCCOCCOCCOCCOCCCCCCCl)ccc21)c1ccc(N(C)C)cc1O3. The first kappa shape index (κ1) is 40.9. The van der Waals surface area contributed by atoms with Crippen LogP contribution in [0.2, 0.25) is 0 Å². The zero-order chi connectivity index (χ0) is 39.5. The third-order valence-corrected chi connectivity index (χ3v) is 9.87. The summed E-state index contributed by atoms with van der Waals surface area (Å²) >= 11 is 5.68. The fourth-order valence-corrected chi connectivity index (χ4v) is 7.07. The van der Waals surface area contributed by atoms with Crippen molar-refractivity contribution >= 4 is 45.9 Å². The predicted octanol–water partition coefficient (Wildman–Crippen LogP) is 6.99. The summed E-state index contributed by atoms with van der Waals surface area (Å²) in [6.45, 7) is 5.47. The molecular weight excluding hydrogens is 740 g/mol. The van der Waals surface area contributed by atoms with Crippen molar-refractivity contribution in [3.05, 3.63) is 94.5 Å². The molecule has 2 aliphatic heterocycles. The van der Waals surface area contributed by atoms with Crippen LogP contribution in [-0.2, 0) is 34.1 Å². The van der Waals surface area contributed by atoms with Crippen LogP contribution in [0.3, 0.4) is 0 Å². The third-order valence-electron chi connectivity index (χ3n) is 9.60. The predicted molar refractivity (Wildman–Crippen MR) is 213 cm³/mol. The zero-order valence-corrected chi connectivity index (χ0v) is 32.9. The van der Waals surface area contributed by atoms with Crippen LogP contribution in [0.25, 0.3) is 10.8 Å². The van der Waals surface area contributed by atoms with Gasteiger partial charge in [0.05, 0.1) is 51.8 Å². The first-order chi connectivity index (χ1) is 27.2. The van der Waals surface area contributed by atoms with Crippen LogP contribution < -0.4 is 19.7 Å². The molecule has 12 nitrogen and oxygen atoms in total. The Labute approximate surface area is 332 Å². The van der Waals surface area contributed by atoms with Crippen molar-refractivity contribution in [2.45, 2.75) is 38.2 Å². The van der Waals surface area contributed by atoms with E-state index in [-0.39, 0.29) is 18.0 Å². The third kappa shape index (κ3) is 9.45. The number of nitrogens with one attached hydrogen (secondary N) is 1. The number of benzene rings is 4. The molecule has 1 spiro atoms. The molecule has 2 aliphatic rings. The summed E-state index contributed by atoms with van der Waals surface area (Å²) in [6, 6.07) is 19.9. The molecule has 0 saturated heterocycles. The van der Waals surface area contributed by atoms with Crippen LogP contribution in [0.1, 0.15) is 70.0 Å². The highest BCUT2D eigenvalue weighted by atomic mass is 35.5. The Kier molecular flexibility index (Phi) is 14.2. The number of nitrogens with zero attached hydrogens (tertiary/aromatic N) is 1. The molecule has 0 bridgehead atoms. The number of ether oxygens (including phenoxy) is 7. The van der Waals surface area contributed by atoms with Crippen molar-refractivity contribution in [3.63, 3.8) is 0 Å². The molecule has 1 unspecified atom stereocenters. The highest BCUT2D eigenvalue weighted by Gasteiger charge is 2.54. The van der Waals surface area contributed by atoms with Crippen LogP contribution in [0, 0.1) is 0 Å². The van der Waals surface area contributed by atoms with E-state index in [2.05, 4.69) is 5.32 Å². The molecule has 4 aromatic carbocycles. The summed E-state index contributed by atoms with van der Waals surface area (Å²) in [6.07, 6.45) is 4.37. The summed E-state index contributed by atoms with van der Waals surface area (Å²) in [5.41, 5.74) is 2.07. The van der Waals surface area contributed by atoms with Crippen molar-refractivity contribution < 1.29 is 47.5 Å². The molecule has 0 aromatic heterocycles. The largest absolute Gasteiger partial charge is 0.456 e. The normalized spacial score (nSPS) is 15.2. The van der Waals surface area contributed by atoms with Gasteiger partial charge >= 0.3 is 11.9 Å². The number of anilines is 1. The van der Waals surface area contributed by atoms with E-state index < -0.39 is 17.5 Å². The van der Waals surface area contributed by atoms with Gasteiger partial charge in [-0.2, -0.15) is 0 Å². The molecule has 2 heterocycles. The summed E-state index contributed by atoms with van der Waals surface area (Å²) in [4.78, 5) is 40.5. The average molecular weight is 789 g/mol. The van der Waals surface area contributed by atoms with Crippen molar-refractivity contribution in [1.29, 1.82) is 0 Å². The standard InChI is InChI=1S/C43H49ClN2O10/c1-29(47)54-33-11-12-34-30(26-33)8-14-38-40(34)55-39-28-32(46(2)3)10-15-37(39)43(38)36-13-9-31(27-35(36)42(49)56-43)41(48)45-17-19-51-21-23-53-25-24-52-22-20-50-18-7-5-4-6-16-44/h8-15,26-28H,4-7,16-25H2,1-3H3,(H,45,48). The van der Waals surface area contributed by atoms with Gasteiger partial charge in [0.25, 0.3) is 5.91 Å². The van der Waals surface area contributed by atoms with Gasteiger partial charge in [0.1, 0.15) is 17.2 Å². The number of esters is 2. The van der Waals surface area contributed by atoms with Gasteiger partial charge in [0.2, 0.25) is 0 Å². The maximum atomic E-state index is 13.8. The van der Waals surface area contributed by atoms with Crippen LogP contribution >= 0.6 is 11.6 Å². The Bertz CT molecular complexity index is 2020. The van der Waals surface area contributed by atoms with Crippen molar-refractivity contribution in [1.82, 2.24) is 5.32 Å². The van der Waals surface area contributed by atoms with Crippen LogP contribution in [0.5, 0.6) is 17.2 Å². The van der Waals surface area contributed by atoms with E-state index >= 15 is 0 Å². The first-order valence-electron chi connectivity index (χ1n) is 19.0. The minimum absolute atomic E-state index is 0.276. The number of carbonyl (C=O) groups excluding carboxylic acids is 3. The molecule has 1 N–H and O–H groups in total. The molecule has 0 radical (unpaired) electrons. The second-order valence-corrected chi connectivity index (χ2v) is 14.1. The molecule has 56 heavy (non-hydrogen) atoms. The van der Waals surface area contributed by atoms with E-state index in [1.165, 1.54) is 6.92 Å². The molecule has 0 fully saturated rings. The average Bonchev–Trinajstić information content (AvgIpc) is 3.48. The fraction of sp³-hybridized carbons (Fsp3) is 0.419. The van der Waals surface area contributed by atoms with Gasteiger partial charge in [0.15, 0.2) is 5.60 Å². The Morgan fingerprint density at radius 2 is 1.43 bits per heavy atom. The molecule has 1 amide bonds. The van der Waals surface area contributed by atoms with E-state index in [0.717, 1.165) is 54.6 Å². The molecule has 0 aliphatic carbocycles. The van der Waals surface area contributed by atoms with Gasteiger partial charge in [-0.25, -0.2) is 4.79 Å². The first-order valence-corrected chi connectivity index (χ1v) is 19.5. The molecule has 6 rings (SSSR count). The Morgan fingerprint density at radius 3 is 2.14 bits per heavy atom. The van der Waals surface area contributed by atoms with Crippen LogP contribution in [0.15, 0.2) is 66.7 Å². The van der Waals surface area contributed by atoms with Gasteiger partial charge in [0, 0.05) is 79.4 Å². The lowest BCUT2D eigenvalue weighted by molar-refractivity contribution is -0.131. The molecule has 13 heteroatoms. The van der Waals surface area contributed by atoms with Crippen molar-refractivity contribution in [2.75, 3.05) is 84.3 Å². The number of carbonyl (C=O) groups is 3. The van der Waals surface area contributed by atoms with Gasteiger partial charge < -0.3 is 43.4 Å². The number of fused-ring (bicyclic) bond motifs is 8. The van der Waals surface area contributed by atoms with E-state index in [4.69, 9.17) is 44.8 Å². The fourth-order valence-electron chi connectivity index (χ4n) is 6.88. The number of rotatable bonds is 21. The maximum Gasteiger partial charge on any atom is 0.340 e. The highest BCUT2D eigenvalue weighted by Crippen LogP contribution is 2.58. The number of halogens is 1. The van der Waals surface area contributed by atoms with E-state index in [0.29, 0.717) is 85.8 Å². The number of unbranched alkanes of at least 4 members (excludes halogenated alkanes) is 3. The molecule has 0 saturated carbocycles. The second-order valence-electron chi connectivity index (χ2n) is 13.7. The molecule has 4 aromatic rings. The van der Waals surface area contributed by atoms with Gasteiger partial charge in [-0.15, -0.1) is 11.6 Å². The van der Waals surface area contributed by atoms with Crippen molar-refractivity contribution in [2.24, 2.45) is 0 Å². The number of alkyl halides is 1. The Hall–Kier alpha value is -4.72. The number of hydrogen-bond acceptors (Lipinski definition) is 11. The maximum absolute atomic E-state index is 13.8. The van der Waals surface area contributed by atoms with E-state index in [9.17, 15) is 14.4 Å². The highest BCUT2D eigenvalue weighted by molar-refractivity contribution is 6.17. The van der Waals surface area contributed by atoms with Gasteiger partial charge in [-0.3, -0.25) is 9.59 Å². The smallest absolute Gasteiger partial charge is 0.340 e. The number of amides is 1. The Balaban J connectivity index is 1.05. The lowest BCUT2D eigenvalue weighted by atomic mass is 9.76.